The van der Waals surface area contributed by atoms with E-state index in [0.717, 1.165) is 19.3 Å². The van der Waals surface area contributed by atoms with Crippen LogP contribution >= 0.6 is 0 Å². The Morgan fingerprint density at radius 3 is 2.95 bits per heavy atom. The molecular formula is C19H28O2. The molecule has 0 aliphatic heterocycles. The fourth-order valence-corrected chi connectivity index (χ4v) is 3.39. The quantitative estimate of drug-likeness (QED) is 0.554. The van der Waals surface area contributed by atoms with Gasteiger partial charge >= 0.3 is 5.97 Å². The van der Waals surface area contributed by atoms with Crippen molar-refractivity contribution in [3.63, 3.8) is 0 Å². The van der Waals surface area contributed by atoms with Crippen molar-refractivity contribution in [1.82, 2.24) is 0 Å². The summed E-state index contributed by atoms with van der Waals surface area (Å²) in [4.78, 5) is 12.2. The zero-order valence-electron chi connectivity index (χ0n) is 13.7. The van der Waals surface area contributed by atoms with E-state index in [0.29, 0.717) is 17.8 Å². The monoisotopic (exact) mass is 288 g/mol. The topological polar surface area (TPSA) is 26.3 Å². The summed E-state index contributed by atoms with van der Waals surface area (Å²) in [6, 6.07) is 0. The third kappa shape index (κ3) is 3.48. The van der Waals surface area contributed by atoms with Crippen LogP contribution in [0, 0.1) is 23.7 Å². The summed E-state index contributed by atoms with van der Waals surface area (Å²) in [6.45, 7) is 8.30. The molecule has 0 N–H and O–H groups in total. The Morgan fingerprint density at radius 1 is 1.52 bits per heavy atom. The van der Waals surface area contributed by atoms with Crippen LogP contribution in [0.25, 0.3) is 0 Å². The van der Waals surface area contributed by atoms with E-state index in [2.05, 4.69) is 44.2 Å². The largest absolute Gasteiger partial charge is 0.461 e. The SMILES string of the molecule is C/C=C/[C@@H]1[C@@H]2C(=CCC[C@@H]2OC(=O)[C@@H](C)CC)C=C[C@@H]1C. The van der Waals surface area contributed by atoms with Gasteiger partial charge in [-0.2, -0.15) is 0 Å². The summed E-state index contributed by atoms with van der Waals surface area (Å²) in [5.74, 6) is 1.21. The van der Waals surface area contributed by atoms with Crippen molar-refractivity contribution >= 4 is 5.97 Å². The number of hydrogen-bond donors (Lipinski definition) is 0. The highest BCUT2D eigenvalue weighted by atomic mass is 16.5. The molecule has 0 aromatic carbocycles. The fourth-order valence-electron chi connectivity index (χ4n) is 3.39. The van der Waals surface area contributed by atoms with Crippen LogP contribution in [0.4, 0.5) is 0 Å². The van der Waals surface area contributed by atoms with Crippen molar-refractivity contribution in [2.45, 2.75) is 53.1 Å². The maximum absolute atomic E-state index is 12.2. The minimum atomic E-state index is -0.0369. The number of esters is 1. The van der Waals surface area contributed by atoms with E-state index in [4.69, 9.17) is 4.74 Å². The predicted molar refractivity (Wildman–Crippen MR) is 86.8 cm³/mol. The average Bonchev–Trinajstić information content (AvgIpc) is 2.49. The van der Waals surface area contributed by atoms with Crippen LogP contribution in [-0.2, 0) is 9.53 Å². The van der Waals surface area contributed by atoms with Gasteiger partial charge < -0.3 is 4.74 Å². The maximum Gasteiger partial charge on any atom is 0.308 e. The average molecular weight is 288 g/mol. The lowest BCUT2D eigenvalue weighted by molar-refractivity contribution is -0.157. The molecule has 2 nitrogen and oxygen atoms in total. The first kappa shape index (κ1) is 16.1. The summed E-state index contributed by atoms with van der Waals surface area (Å²) in [7, 11) is 0. The highest BCUT2D eigenvalue weighted by molar-refractivity contribution is 5.72. The number of carbonyl (C=O) groups excluding carboxylic acids is 1. The van der Waals surface area contributed by atoms with Gasteiger partial charge in [-0.3, -0.25) is 4.79 Å². The second-order valence-corrected chi connectivity index (χ2v) is 6.41. The molecule has 0 spiro atoms. The summed E-state index contributed by atoms with van der Waals surface area (Å²) < 4.78 is 5.89. The predicted octanol–water partition coefficient (Wildman–Crippen LogP) is 4.68. The third-order valence-corrected chi connectivity index (χ3v) is 4.93. The number of carbonyl (C=O) groups is 1. The highest BCUT2D eigenvalue weighted by Gasteiger charge is 2.39. The minimum Gasteiger partial charge on any atom is -0.461 e. The molecule has 0 aromatic heterocycles. The summed E-state index contributed by atoms with van der Waals surface area (Å²) in [5.41, 5.74) is 1.35. The van der Waals surface area contributed by atoms with Crippen LogP contribution in [0.5, 0.6) is 0 Å². The minimum absolute atomic E-state index is 0.00363. The summed E-state index contributed by atoms with van der Waals surface area (Å²) >= 11 is 0. The van der Waals surface area contributed by atoms with Gasteiger partial charge in [-0.25, -0.2) is 0 Å². The molecule has 116 valence electrons. The lowest BCUT2D eigenvalue weighted by Crippen LogP contribution is -2.39. The molecule has 21 heavy (non-hydrogen) atoms. The number of hydrogen-bond acceptors (Lipinski definition) is 2. The van der Waals surface area contributed by atoms with E-state index < -0.39 is 0 Å². The van der Waals surface area contributed by atoms with Crippen molar-refractivity contribution in [3.05, 3.63) is 36.0 Å². The van der Waals surface area contributed by atoms with Gasteiger partial charge in [0.25, 0.3) is 0 Å². The molecule has 0 amide bonds. The van der Waals surface area contributed by atoms with Crippen molar-refractivity contribution in [3.8, 4) is 0 Å². The van der Waals surface area contributed by atoms with Crippen molar-refractivity contribution in [1.29, 1.82) is 0 Å². The van der Waals surface area contributed by atoms with E-state index in [9.17, 15) is 4.79 Å². The fraction of sp³-hybridized carbons (Fsp3) is 0.632. The zero-order valence-corrected chi connectivity index (χ0v) is 13.7. The van der Waals surface area contributed by atoms with E-state index in [1.54, 1.807) is 0 Å². The van der Waals surface area contributed by atoms with Crippen LogP contribution in [0.1, 0.15) is 47.0 Å². The van der Waals surface area contributed by atoms with Gasteiger partial charge in [0.1, 0.15) is 6.10 Å². The lowest BCUT2D eigenvalue weighted by Gasteiger charge is -2.40. The van der Waals surface area contributed by atoms with Crippen molar-refractivity contribution in [2.75, 3.05) is 0 Å². The Labute approximate surface area is 129 Å². The molecule has 0 saturated carbocycles. The molecular weight excluding hydrogens is 260 g/mol. The molecule has 0 bridgehead atoms. The molecule has 2 rings (SSSR count). The normalized spacial score (nSPS) is 33.4. The Bertz CT molecular complexity index is 458. The van der Waals surface area contributed by atoms with Crippen LogP contribution in [0.3, 0.4) is 0 Å². The van der Waals surface area contributed by atoms with Gasteiger partial charge in [0, 0.05) is 5.92 Å². The summed E-state index contributed by atoms with van der Waals surface area (Å²) in [6.07, 6.45) is 14.1. The maximum atomic E-state index is 12.2. The number of fused-ring (bicyclic) bond motifs is 1. The molecule has 0 heterocycles. The van der Waals surface area contributed by atoms with Crippen LogP contribution in [-0.4, -0.2) is 12.1 Å². The lowest BCUT2D eigenvalue weighted by atomic mass is 9.68. The smallest absolute Gasteiger partial charge is 0.308 e. The standard InChI is InChI=1S/C19H28O2/c1-5-8-16-14(4)11-12-15-9-7-10-17(18(15)16)21-19(20)13(3)6-2/h5,8-9,11-14,16-18H,6-7,10H2,1-4H3/b8-5+/t13-,14-,16-,17-,18-/m0/s1. The van der Waals surface area contributed by atoms with E-state index in [1.807, 2.05) is 13.8 Å². The Hall–Kier alpha value is -1.31. The summed E-state index contributed by atoms with van der Waals surface area (Å²) in [5, 5.41) is 0. The second kappa shape index (κ2) is 7.11. The van der Waals surface area contributed by atoms with Gasteiger partial charge in [0.15, 0.2) is 0 Å². The zero-order chi connectivity index (χ0) is 15.4. The van der Waals surface area contributed by atoms with Gasteiger partial charge in [-0.1, -0.05) is 51.2 Å². The Kier molecular flexibility index (Phi) is 5.44. The van der Waals surface area contributed by atoms with Gasteiger partial charge in [-0.15, -0.1) is 0 Å². The van der Waals surface area contributed by atoms with Crippen LogP contribution < -0.4 is 0 Å². The molecule has 0 aromatic rings. The Morgan fingerprint density at radius 2 is 2.29 bits per heavy atom. The first-order valence-corrected chi connectivity index (χ1v) is 8.30. The van der Waals surface area contributed by atoms with Gasteiger partial charge in [0.05, 0.1) is 5.92 Å². The van der Waals surface area contributed by atoms with Crippen LogP contribution in [0.2, 0.25) is 0 Å². The number of allylic oxidation sites excluding steroid dienone is 5. The van der Waals surface area contributed by atoms with Gasteiger partial charge in [0.2, 0.25) is 0 Å². The number of rotatable bonds is 4. The van der Waals surface area contributed by atoms with Crippen molar-refractivity contribution < 1.29 is 9.53 Å². The molecule has 0 radical (unpaired) electrons. The molecule has 2 aliphatic rings. The third-order valence-electron chi connectivity index (χ3n) is 4.93. The molecule has 0 saturated heterocycles. The molecule has 2 aliphatic carbocycles. The highest BCUT2D eigenvalue weighted by Crippen LogP contribution is 2.42. The second-order valence-electron chi connectivity index (χ2n) is 6.41. The van der Waals surface area contributed by atoms with Crippen LogP contribution in [0.15, 0.2) is 36.0 Å². The van der Waals surface area contributed by atoms with Crippen molar-refractivity contribution in [2.24, 2.45) is 23.7 Å². The molecule has 2 heteroatoms. The van der Waals surface area contributed by atoms with E-state index in [-0.39, 0.29) is 18.0 Å². The first-order chi connectivity index (χ1) is 10.1. The first-order valence-electron chi connectivity index (χ1n) is 8.30. The van der Waals surface area contributed by atoms with E-state index >= 15 is 0 Å². The molecule has 5 atom stereocenters. The molecule has 0 fully saturated rings. The van der Waals surface area contributed by atoms with Gasteiger partial charge in [-0.05, 0) is 43.6 Å². The Balaban J connectivity index is 2.21. The molecule has 0 unspecified atom stereocenters. The van der Waals surface area contributed by atoms with E-state index in [1.165, 1.54) is 5.57 Å². The number of ether oxygens (including phenoxy) is 1.